The Morgan fingerprint density at radius 1 is 1.41 bits per heavy atom. The summed E-state index contributed by atoms with van der Waals surface area (Å²) in [7, 11) is 0. The van der Waals surface area contributed by atoms with E-state index in [1.807, 2.05) is 11.5 Å². The SMILES string of the molecule is Cc1ccc2cc3n(c2c1)C(C(=O)O)CCC3. The molecule has 2 aromatic rings. The van der Waals surface area contributed by atoms with Gasteiger partial charge in [-0.15, -0.1) is 0 Å². The zero-order valence-corrected chi connectivity index (χ0v) is 9.81. The highest BCUT2D eigenvalue weighted by Gasteiger charge is 2.27. The fraction of sp³-hybridized carbons (Fsp3) is 0.357. The van der Waals surface area contributed by atoms with Crippen molar-refractivity contribution >= 4 is 16.9 Å². The predicted octanol–water partition coefficient (Wildman–Crippen LogP) is 2.91. The highest BCUT2D eigenvalue weighted by molar-refractivity contribution is 5.85. The molecule has 17 heavy (non-hydrogen) atoms. The van der Waals surface area contributed by atoms with E-state index in [1.54, 1.807) is 0 Å². The molecule has 1 aliphatic heterocycles. The molecule has 1 aromatic carbocycles. The molecule has 1 aromatic heterocycles. The molecule has 0 saturated carbocycles. The van der Waals surface area contributed by atoms with Crippen LogP contribution in [0.15, 0.2) is 24.3 Å². The molecule has 1 atom stereocenters. The Kier molecular flexibility index (Phi) is 2.21. The Hall–Kier alpha value is -1.77. The third-order valence-electron chi connectivity index (χ3n) is 3.58. The zero-order valence-electron chi connectivity index (χ0n) is 9.81. The van der Waals surface area contributed by atoms with Crippen molar-refractivity contribution in [3.8, 4) is 0 Å². The second kappa shape index (κ2) is 3.62. The maximum Gasteiger partial charge on any atom is 0.326 e. The van der Waals surface area contributed by atoms with E-state index in [0.29, 0.717) is 0 Å². The lowest BCUT2D eigenvalue weighted by Crippen LogP contribution is -2.24. The quantitative estimate of drug-likeness (QED) is 0.817. The van der Waals surface area contributed by atoms with Crippen LogP contribution >= 0.6 is 0 Å². The second-order valence-electron chi connectivity index (χ2n) is 4.81. The maximum atomic E-state index is 11.3. The molecular formula is C14H15NO2. The number of carboxylic acids is 1. The predicted molar refractivity (Wildman–Crippen MR) is 66.3 cm³/mol. The Bertz CT molecular complexity index is 598. The number of aliphatic carboxylic acids is 1. The Labute approximate surface area is 99.7 Å². The summed E-state index contributed by atoms with van der Waals surface area (Å²) in [5, 5.41) is 10.5. The number of benzene rings is 1. The van der Waals surface area contributed by atoms with Crippen molar-refractivity contribution in [1.82, 2.24) is 4.57 Å². The minimum Gasteiger partial charge on any atom is -0.480 e. The summed E-state index contributed by atoms with van der Waals surface area (Å²) >= 11 is 0. The van der Waals surface area contributed by atoms with Gasteiger partial charge < -0.3 is 9.67 Å². The van der Waals surface area contributed by atoms with Crippen LogP contribution in [0.25, 0.3) is 10.9 Å². The fourth-order valence-corrected chi connectivity index (χ4v) is 2.79. The third kappa shape index (κ3) is 1.54. The topological polar surface area (TPSA) is 42.2 Å². The van der Waals surface area contributed by atoms with Crippen LogP contribution in [-0.2, 0) is 11.2 Å². The van der Waals surface area contributed by atoms with Gasteiger partial charge >= 0.3 is 5.97 Å². The van der Waals surface area contributed by atoms with Gasteiger partial charge in [0.15, 0.2) is 0 Å². The molecule has 3 rings (SSSR count). The van der Waals surface area contributed by atoms with Gasteiger partial charge in [-0.05, 0) is 49.3 Å². The van der Waals surface area contributed by atoms with E-state index in [4.69, 9.17) is 0 Å². The molecule has 0 fully saturated rings. The largest absolute Gasteiger partial charge is 0.480 e. The van der Waals surface area contributed by atoms with Crippen LogP contribution in [0.5, 0.6) is 0 Å². The van der Waals surface area contributed by atoms with Gasteiger partial charge in [0, 0.05) is 11.2 Å². The molecule has 0 spiro atoms. The standard InChI is InChI=1S/C14H15NO2/c1-9-5-6-10-8-11-3-2-4-12(14(16)17)15(11)13(10)7-9/h5-8,12H,2-4H2,1H3,(H,16,17). The second-order valence-corrected chi connectivity index (χ2v) is 4.81. The Morgan fingerprint density at radius 3 is 3.00 bits per heavy atom. The van der Waals surface area contributed by atoms with Crippen LogP contribution < -0.4 is 0 Å². The van der Waals surface area contributed by atoms with Gasteiger partial charge in [-0.1, -0.05) is 12.1 Å². The van der Waals surface area contributed by atoms with Crippen molar-refractivity contribution in [3.05, 3.63) is 35.5 Å². The first-order chi connectivity index (χ1) is 8.16. The van der Waals surface area contributed by atoms with Crippen LogP contribution in [0.1, 0.15) is 30.1 Å². The Morgan fingerprint density at radius 2 is 2.24 bits per heavy atom. The lowest BCUT2D eigenvalue weighted by molar-refractivity contribution is -0.141. The van der Waals surface area contributed by atoms with Gasteiger partial charge in [0.25, 0.3) is 0 Å². The van der Waals surface area contributed by atoms with Gasteiger partial charge in [-0.3, -0.25) is 0 Å². The van der Waals surface area contributed by atoms with E-state index in [1.165, 1.54) is 5.56 Å². The number of nitrogens with zero attached hydrogens (tertiary/aromatic N) is 1. The smallest absolute Gasteiger partial charge is 0.326 e. The number of carboxylic acid groups (broad SMARTS) is 1. The number of carbonyl (C=O) groups is 1. The molecule has 0 saturated heterocycles. The van der Waals surface area contributed by atoms with Gasteiger partial charge in [0.1, 0.15) is 6.04 Å². The van der Waals surface area contributed by atoms with Crippen molar-refractivity contribution in [2.75, 3.05) is 0 Å². The molecular weight excluding hydrogens is 214 g/mol. The number of fused-ring (bicyclic) bond motifs is 3. The molecule has 0 aliphatic carbocycles. The van der Waals surface area contributed by atoms with Crippen LogP contribution in [0.2, 0.25) is 0 Å². The minimum absolute atomic E-state index is 0.391. The first kappa shape index (κ1) is 10.4. The molecule has 0 radical (unpaired) electrons. The van der Waals surface area contributed by atoms with Crippen molar-refractivity contribution in [3.63, 3.8) is 0 Å². The number of hydrogen-bond donors (Lipinski definition) is 1. The van der Waals surface area contributed by atoms with Gasteiger partial charge in [-0.2, -0.15) is 0 Å². The molecule has 1 unspecified atom stereocenters. The average Bonchev–Trinajstić information content (AvgIpc) is 2.66. The van der Waals surface area contributed by atoms with Crippen molar-refractivity contribution < 1.29 is 9.90 Å². The Balaban J connectivity index is 2.29. The summed E-state index contributed by atoms with van der Waals surface area (Å²) in [4.78, 5) is 11.3. The summed E-state index contributed by atoms with van der Waals surface area (Å²) in [6, 6.07) is 7.97. The number of aryl methyl sites for hydroxylation is 2. The molecule has 0 amide bonds. The lowest BCUT2D eigenvalue weighted by atomic mass is 10.0. The maximum absolute atomic E-state index is 11.3. The summed E-state index contributed by atoms with van der Waals surface area (Å²) in [6.45, 7) is 2.04. The summed E-state index contributed by atoms with van der Waals surface area (Å²) < 4.78 is 2.01. The minimum atomic E-state index is -0.718. The number of hydrogen-bond acceptors (Lipinski definition) is 1. The van der Waals surface area contributed by atoms with E-state index in [9.17, 15) is 9.90 Å². The molecule has 3 heteroatoms. The van der Waals surface area contributed by atoms with Gasteiger partial charge in [-0.25, -0.2) is 4.79 Å². The van der Waals surface area contributed by atoms with E-state index < -0.39 is 12.0 Å². The van der Waals surface area contributed by atoms with Gasteiger partial charge in [0.2, 0.25) is 0 Å². The monoisotopic (exact) mass is 229 g/mol. The highest BCUT2D eigenvalue weighted by Crippen LogP contribution is 2.32. The normalized spacial score (nSPS) is 19.2. The van der Waals surface area contributed by atoms with E-state index in [-0.39, 0.29) is 0 Å². The molecule has 88 valence electrons. The molecule has 3 nitrogen and oxygen atoms in total. The average molecular weight is 229 g/mol. The first-order valence-electron chi connectivity index (χ1n) is 6.00. The van der Waals surface area contributed by atoms with E-state index in [0.717, 1.165) is 35.9 Å². The summed E-state index contributed by atoms with van der Waals surface area (Å²) in [5.74, 6) is -0.718. The number of aromatic nitrogens is 1. The molecule has 1 aliphatic rings. The van der Waals surface area contributed by atoms with Crippen molar-refractivity contribution in [2.24, 2.45) is 0 Å². The van der Waals surface area contributed by atoms with E-state index >= 15 is 0 Å². The van der Waals surface area contributed by atoms with Crippen molar-refractivity contribution in [2.45, 2.75) is 32.2 Å². The summed E-state index contributed by atoms with van der Waals surface area (Å²) in [6.07, 6.45) is 2.68. The third-order valence-corrected chi connectivity index (χ3v) is 3.58. The van der Waals surface area contributed by atoms with Crippen LogP contribution in [0.4, 0.5) is 0 Å². The molecule has 0 bridgehead atoms. The van der Waals surface area contributed by atoms with Crippen molar-refractivity contribution in [1.29, 1.82) is 0 Å². The first-order valence-corrected chi connectivity index (χ1v) is 6.00. The molecule has 1 N–H and O–H groups in total. The van der Waals surface area contributed by atoms with Crippen LogP contribution in [-0.4, -0.2) is 15.6 Å². The molecule has 2 heterocycles. The van der Waals surface area contributed by atoms with Crippen LogP contribution in [0.3, 0.4) is 0 Å². The van der Waals surface area contributed by atoms with E-state index in [2.05, 4.69) is 24.3 Å². The number of rotatable bonds is 1. The highest BCUT2D eigenvalue weighted by atomic mass is 16.4. The zero-order chi connectivity index (χ0) is 12.0. The fourth-order valence-electron chi connectivity index (χ4n) is 2.79. The van der Waals surface area contributed by atoms with Gasteiger partial charge in [0.05, 0.1) is 0 Å². The summed E-state index contributed by atoms with van der Waals surface area (Å²) in [5.41, 5.74) is 3.39. The lowest BCUT2D eigenvalue weighted by Gasteiger charge is -2.23. The van der Waals surface area contributed by atoms with Crippen LogP contribution in [0, 0.1) is 6.92 Å².